The van der Waals surface area contributed by atoms with Crippen LogP contribution in [0, 0.1) is 11.3 Å². The summed E-state index contributed by atoms with van der Waals surface area (Å²) in [6, 6.07) is 6.47. The topological polar surface area (TPSA) is 63.7 Å². The Hall–Kier alpha value is -2.17. The quantitative estimate of drug-likeness (QED) is 0.784. The number of carbonyl (C=O) groups is 3. The number of imide groups is 1. The Morgan fingerprint density at radius 2 is 1.76 bits per heavy atom. The minimum absolute atomic E-state index is 0.157. The van der Waals surface area contributed by atoms with Crippen molar-refractivity contribution < 1.29 is 19.2 Å². The van der Waals surface area contributed by atoms with Crippen molar-refractivity contribution in [1.82, 2.24) is 5.06 Å². The van der Waals surface area contributed by atoms with E-state index in [1.807, 2.05) is 13.8 Å². The Bertz CT molecular complexity index is 600. The molecule has 2 amide bonds. The minimum atomic E-state index is -0.570. The molecular formula is C16H17NO4. The van der Waals surface area contributed by atoms with Crippen molar-refractivity contribution in [1.29, 1.82) is 0 Å². The highest BCUT2D eigenvalue weighted by molar-refractivity contribution is 6.20. The summed E-state index contributed by atoms with van der Waals surface area (Å²) >= 11 is 0. The van der Waals surface area contributed by atoms with Crippen LogP contribution in [-0.2, 0) is 9.63 Å². The van der Waals surface area contributed by atoms with Crippen LogP contribution in [0.2, 0.25) is 0 Å². The van der Waals surface area contributed by atoms with E-state index in [0.29, 0.717) is 5.06 Å². The van der Waals surface area contributed by atoms with E-state index in [-0.39, 0.29) is 22.5 Å². The van der Waals surface area contributed by atoms with Crippen molar-refractivity contribution in [3.63, 3.8) is 0 Å². The van der Waals surface area contributed by atoms with Gasteiger partial charge in [0.1, 0.15) is 0 Å². The molecule has 3 rings (SSSR count). The molecule has 0 saturated heterocycles. The molecule has 0 radical (unpaired) electrons. The maximum atomic E-state index is 12.3. The highest BCUT2D eigenvalue weighted by atomic mass is 16.7. The molecule has 1 aliphatic heterocycles. The number of hydrogen-bond donors (Lipinski definition) is 0. The van der Waals surface area contributed by atoms with Crippen LogP contribution in [0.25, 0.3) is 0 Å². The van der Waals surface area contributed by atoms with Gasteiger partial charge >= 0.3 is 5.97 Å². The summed E-state index contributed by atoms with van der Waals surface area (Å²) in [5, 5.41) is 0.599. The summed E-state index contributed by atoms with van der Waals surface area (Å²) in [4.78, 5) is 41.7. The summed E-state index contributed by atoms with van der Waals surface area (Å²) in [6.45, 7) is 4.02. The van der Waals surface area contributed by atoms with E-state index in [9.17, 15) is 14.4 Å². The van der Waals surface area contributed by atoms with Gasteiger partial charge in [-0.1, -0.05) is 37.5 Å². The number of rotatable bonds is 2. The molecule has 1 aliphatic carbocycles. The average molecular weight is 287 g/mol. The zero-order chi connectivity index (χ0) is 15.2. The van der Waals surface area contributed by atoms with E-state index in [4.69, 9.17) is 4.84 Å². The van der Waals surface area contributed by atoms with Gasteiger partial charge in [0.2, 0.25) is 0 Å². The third-order valence-corrected chi connectivity index (χ3v) is 4.48. The smallest absolute Gasteiger partial charge is 0.329 e. The molecule has 1 heterocycles. The van der Waals surface area contributed by atoms with Crippen molar-refractivity contribution in [2.24, 2.45) is 11.3 Å². The Morgan fingerprint density at radius 3 is 2.24 bits per heavy atom. The first kappa shape index (κ1) is 13.8. The summed E-state index contributed by atoms with van der Waals surface area (Å²) < 4.78 is 0. The number of hydroxylamine groups is 2. The van der Waals surface area contributed by atoms with Gasteiger partial charge in [-0.15, -0.1) is 0 Å². The molecule has 0 spiro atoms. The molecule has 0 aromatic heterocycles. The van der Waals surface area contributed by atoms with Crippen LogP contribution < -0.4 is 0 Å². The first-order valence-electron chi connectivity index (χ1n) is 7.11. The Balaban J connectivity index is 1.80. The third-order valence-electron chi connectivity index (χ3n) is 4.48. The van der Waals surface area contributed by atoms with Gasteiger partial charge in [0, 0.05) is 0 Å². The lowest BCUT2D eigenvalue weighted by Crippen LogP contribution is -2.37. The average Bonchev–Trinajstić information content (AvgIpc) is 2.92. The van der Waals surface area contributed by atoms with Crippen molar-refractivity contribution in [2.45, 2.75) is 33.1 Å². The zero-order valence-corrected chi connectivity index (χ0v) is 12.1. The minimum Gasteiger partial charge on any atom is -0.329 e. The van der Waals surface area contributed by atoms with E-state index < -0.39 is 17.8 Å². The highest BCUT2D eigenvalue weighted by Gasteiger charge is 2.44. The van der Waals surface area contributed by atoms with Gasteiger partial charge in [-0.05, 0) is 30.4 Å². The van der Waals surface area contributed by atoms with Crippen molar-refractivity contribution in [3.05, 3.63) is 35.4 Å². The van der Waals surface area contributed by atoms with Crippen LogP contribution in [-0.4, -0.2) is 22.8 Å². The van der Waals surface area contributed by atoms with Crippen molar-refractivity contribution in [2.75, 3.05) is 0 Å². The molecule has 1 saturated carbocycles. The number of fused-ring (bicyclic) bond motifs is 1. The molecule has 1 aromatic rings. The SMILES string of the molecule is CC1(C)CCCC1C(=O)ON1C(=O)c2ccccc2C1=O. The van der Waals surface area contributed by atoms with Gasteiger partial charge in [0.25, 0.3) is 11.8 Å². The van der Waals surface area contributed by atoms with Crippen molar-refractivity contribution >= 4 is 17.8 Å². The first-order valence-corrected chi connectivity index (χ1v) is 7.11. The number of hydrogen-bond acceptors (Lipinski definition) is 4. The molecule has 110 valence electrons. The number of carbonyl (C=O) groups excluding carboxylic acids is 3. The van der Waals surface area contributed by atoms with Crippen molar-refractivity contribution in [3.8, 4) is 0 Å². The monoisotopic (exact) mass is 287 g/mol. The molecule has 1 fully saturated rings. The van der Waals surface area contributed by atoms with Crippen LogP contribution in [0.3, 0.4) is 0 Å². The summed E-state index contributed by atoms with van der Waals surface area (Å²) in [6.07, 6.45) is 2.62. The van der Waals surface area contributed by atoms with E-state index in [1.165, 1.54) is 0 Å². The van der Waals surface area contributed by atoms with E-state index in [2.05, 4.69) is 0 Å². The van der Waals surface area contributed by atoms with Gasteiger partial charge < -0.3 is 4.84 Å². The van der Waals surface area contributed by atoms with Gasteiger partial charge in [-0.25, -0.2) is 4.79 Å². The predicted octanol–water partition coefficient (Wildman–Crippen LogP) is 2.57. The summed E-state index contributed by atoms with van der Waals surface area (Å²) in [7, 11) is 0. The number of nitrogens with zero attached hydrogens (tertiary/aromatic N) is 1. The molecule has 1 unspecified atom stereocenters. The molecule has 21 heavy (non-hydrogen) atoms. The molecule has 5 nitrogen and oxygen atoms in total. The molecule has 0 N–H and O–H groups in total. The summed E-state index contributed by atoms with van der Waals surface area (Å²) in [5.41, 5.74) is 0.400. The van der Waals surface area contributed by atoms with Crippen LogP contribution in [0.15, 0.2) is 24.3 Å². The maximum Gasteiger partial charge on any atom is 0.336 e. The molecule has 5 heteroatoms. The highest BCUT2D eigenvalue weighted by Crippen LogP contribution is 2.43. The van der Waals surface area contributed by atoms with E-state index >= 15 is 0 Å². The van der Waals surface area contributed by atoms with Gasteiger partial charge in [0.05, 0.1) is 17.0 Å². The molecular weight excluding hydrogens is 270 g/mol. The van der Waals surface area contributed by atoms with E-state index in [1.54, 1.807) is 24.3 Å². The Labute approximate surface area is 122 Å². The lowest BCUT2D eigenvalue weighted by molar-refractivity contribution is -0.176. The van der Waals surface area contributed by atoms with Crippen LogP contribution >= 0.6 is 0 Å². The second-order valence-corrected chi connectivity index (χ2v) is 6.29. The standard InChI is InChI=1S/C16H17NO4/c1-16(2)9-5-8-12(16)15(20)21-17-13(18)10-6-3-4-7-11(10)14(17)19/h3-4,6-7,12H,5,8-9H2,1-2H3. The molecule has 2 aliphatic rings. The lowest BCUT2D eigenvalue weighted by atomic mass is 9.82. The molecule has 1 aromatic carbocycles. The molecule has 0 bridgehead atoms. The largest absolute Gasteiger partial charge is 0.336 e. The number of benzene rings is 1. The van der Waals surface area contributed by atoms with E-state index in [0.717, 1.165) is 19.3 Å². The Morgan fingerprint density at radius 1 is 1.19 bits per heavy atom. The fraction of sp³-hybridized carbons (Fsp3) is 0.438. The molecule has 1 atom stereocenters. The van der Waals surface area contributed by atoms with Crippen LogP contribution in [0.1, 0.15) is 53.8 Å². The first-order chi connectivity index (χ1) is 9.92. The normalized spacial score (nSPS) is 23.3. The number of amides is 2. The van der Waals surface area contributed by atoms with Gasteiger partial charge in [0.15, 0.2) is 0 Å². The summed E-state index contributed by atoms with van der Waals surface area (Å²) in [5.74, 6) is -1.91. The maximum absolute atomic E-state index is 12.3. The van der Waals surface area contributed by atoms with Crippen LogP contribution in [0.5, 0.6) is 0 Å². The van der Waals surface area contributed by atoms with Crippen LogP contribution in [0.4, 0.5) is 0 Å². The fourth-order valence-electron chi connectivity index (χ4n) is 3.17. The second kappa shape index (κ2) is 4.69. The second-order valence-electron chi connectivity index (χ2n) is 6.29. The lowest BCUT2D eigenvalue weighted by Gasteiger charge is -2.26. The van der Waals surface area contributed by atoms with Gasteiger partial charge in [-0.3, -0.25) is 9.59 Å². The zero-order valence-electron chi connectivity index (χ0n) is 12.1. The van der Waals surface area contributed by atoms with Gasteiger partial charge in [-0.2, -0.15) is 0 Å². The predicted molar refractivity (Wildman–Crippen MR) is 74.2 cm³/mol. The fourth-order valence-corrected chi connectivity index (χ4v) is 3.17. The Kier molecular flexibility index (Phi) is 3.08. The third kappa shape index (κ3) is 2.13.